The van der Waals surface area contributed by atoms with Gasteiger partial charge in [0, 0.05) is 50.2 Å². The Morgan fingerprint density at radius 2 is 1.66 bits per heavy atom. The highest BCUT2D eigenvalue weighted by molar-refractivity contribution is 7.03. The van der Waals surface area contributed by atoms with Crippen molar-refractivity contribution in [1.29, 1.82) is 0 Å². The van der Waals surface area contributed by atoms with Gasteiger partial charge in [-0.1, -0.05) is 30.3 Å². The van der Waals surface area contributed by atoms with Crippen molar-refractivity contribution in [2.75, 3.05) is 32.7 Å². The maximum atomic E-state index is 12.5. The van der Waals surface area contributed by atoms with E-state index in [0.717, 1.165) is 75.5 Å². The number of piperazine rings is 1. The first kappa shape index (κ1) is 20.1. The predicted octanol–water partition coefficient (Wildman–Crippen LogP) is 1.45. The summed E-state index contributed by atoms with van der Waals surface area (Å²) in [4.78, 5) is 41.1. The molecule has 1 aliphatic heterocycles. The van der Waals surface area contributed by atoms with Gasteiger partial charge in [-0.05, 0) is 37.8 Å². The third-order valence-corrected chi connectivity index (χ3v) is 6.67. The Kier molecular flexibility index (Phi) is 6.30. The quantitative estimate of drug-likeness (QED) is 0.611. The van der Waals surface area contributed by atoms with Gasteiger partial charge >= 0.3 is 10.6 Å². The van der Waals surface area contributed by atoms with Crippen molar-refractivity contribution in [3.05, 3.63) is 56.0 Å². The zero-order chi connectivity index (χ0) is 20.2. The average Bonchev–Trinajstić information content (AvgIpc) is 3.56. The van der Waals surface area contributed by atoms with Crippen LogP contribution in [0.4, 0.5) is 0 Å². The zero-order valence-electron chi connectivity index (χ0n) is 16.7. The summed E-state index contributed by atoms with van der Waals surface area (Å²) in [5, 5.41) is 0. The summed E-state index contributed by atoms with van der Waals surface area (Å²) < 4.78 is 2.90. The summed E-state index contributed by atoms with van der Waals surface area (Å²) >= 11 is 1.01. The molecule has 0 N–H and O–H groups in total. The van der Waals surface area contributed by atoms with Gasteiger partial charge in [0.2, 0.25) is 5.91 Å². The smallest absolute Gasteiger partial charge is 0.340 e. The van der Waals surface area contributed by atoms with E-state index in [1.165, 1.54) is 4.57 Å². The van der Waals surface area contributed by atoms with Crippen LogP contribution in [0.2, 0.25) is 0 Å². The van der Waals surface area contributed by atoms with Gasteiger partial charge in [-0.15, -0.1) is 0 Å². The fourth-order valence-corrected chi connectivity index (χ4v) is 4.63. The summed E-state index contributed by atoms with van der Waals surface area (Å²) in [6, 6.07) is 9.58. The first-order chi connectivity index (χ1) is 14.1. The molecule has 156 valence electrons. The first-order valence-corrected chi connectivity index (χ1v) is 11.2. The summed E-state index contributed by atoms with van der Waals surface area (Å²) in [6.07, 6.45) is 3.98. The molecule has 0 unspecified atom stereocenters. The van der Waals surface area contributed by atoms with E-state index in [1.807, 2.05) is 35.2 Å². The van der Waals surface area contributed by atoms with Crippen LogP contribution in [0.15, 0.2) is 39.9 Å². The fraction of sp³-hybridized carbons (Fsp3) is 0.571. The number of amides is 1. The van der Waals surface area contributed by atoms with E-state index in [0.29, 0.717) is 24.9 Å². The van der Waals surface area contributed by atoms with Gasteiger partial charge in [-0.3, -0.25) is 14.5 Å². The van der Waals surface area contributed by atoms with Crippen molar-refractivity contribution >= 4 is 17.4 Å². The molecule has 0 atom stereocenters. The van der Waals surface area contributed by atoms with E-state index in [4.69, 9.17) is 0 Å². The number of hydrogen-bond donors (Lipinski definition) is 0. The van der Waals surface area contributed by atoms with Crippen LogP contribution in [0.3, 0.4) is 0 Å². The third-order valence-electron chi connectivity index (χ3n) is 5.73. The van der Waals surface area contributed by atoms with Gasteiger partial charge in [0.1, 0.15) is 0 Å². The van der Waals surface area contributed by atoms with Crippen LogP contribution in [0, 0.1) is 5.92 Å². The van der Waals surface area contributed by atoms with E-state index >= 15 is 0 Å². The second kappa shape index (κ2) is 9.09. The van der Waals surface area contributed by atoms with Crippen molar-refractivity contribution in [1.82, 2.24) is 18.3 Å². The highest BCUT2D eigenvalue weighted by Gasteiger charge is 2.34. The molecule has 1 saturated heterocycles. The van der Waals surface area contributed by atoms with Gasteiger partial charge in [0.25, 0.3) is 0 Å². The first-order valence-electron chi connectivity index (χ1n) is 10.5. The SMILES string of the molecule is O=C(C1CC1)N1CCN(CCCCn2sc(=O)n(Cc3ccccc3)c2=O)CC1. The fourth-order valence-electron chi connectivity index (χ4n) is 3.81. The molecule has 0 bridgehead atoms. The number of rotatable bonds is 8. The summed E-state index contributed by atoms with van der Waals surface area (Å²) in [6.45, 7) is 5.40. The Labute approximate surface area is 174 Å². The molecule has 1 saturated carbocycles. The van der Waals surface area contributed by atoms with Crippen LogP contribution in [0.5, 0.6) is 0 Å². The van der Waals surface area contributed by atoms with Gasteiger partial charge in [0.15, 0.2) is 0 Å². The van der Waals surface area contributed by atoms with Crippen LogP contribution < -0.4 is 10.6 Å². The number of carbonyl (C=O) groups is 1. The minimum absolute atomic E-state index is 0.199. The molecule has 4 rings (SSSR count). The second-order valence-electron chi connectivity index (χ2n) is 7.96. The monoisotopic (exact) mass is 416 g/mol. The van der Waals surface area contributed by atoms with Crippen molar-refractivity contribution in [3.8, 4) is 0 Å². The van der Waals surface area contributed by atoms with E-state index in [-0.39, 0.29) is 10.6 Å². The molecule has 2 aliphatic rings. The third kappa shape index (κ3) is 5.05. The molecule has 0 spiro atoms. The molecular formula is C21H28N4O3S. The molecule has 2 heterocycles. The normalized spacial score (nSPS) is 17.6. The minimum atomic E-state index is -0.212. The van der Waals surface area contributed by atoms with E-state index in [2.05, 4.69) is 4.90 Å². The predicted molar refractivity (Wildman–Crippen MR) is 113 cm³/mol. The molecule has 1 aromatic carbocycles. The lowest BCUT2D eigenvalue weighted by Gasteiger charge is -2.34. The summed E-state index contributed by atoms with van der Waals surface area (Å²) in [5.74, 6) is 0.653. The lowest BCUT2D eigenvalue weighted by molar-refractivity contribution is -0.134. The van der Waals surface area contributed by atoms with Crippen LogP contribution in [0.25, 0.3) is 0 Å². The molecule has 8 heteroatoms. The molecule has 1 aromatic heterocycles. The Morgan fingerprint density at radius 1 is 0.966 bits per heavy atom. The Hall–Kier alpha value is -2.19. The molecular weight excluding hydrogens is 388 g/mol. The average molecular weight is 417 g/mol. The summed E-state index contributed by atoms with van der Waals surface area (Å²) in [5.41, 5.74) is 0.743. The molecule has 2 aromatic rings. The molecule has 1 amide bonds. The number of unbranched alkanes of at least 4 members (excludes halogenated alkanes) is 1. The van der Waals surface area contributed by atoms with Gasteiger partial charge < -0.3 is 4.90 Å². The largest absolute Gasteiger partial charge is 0.341 e. The van der Waals surface area contributed by atoms with E-state index in [1.54, 1.807) is 3.96 Å². The lowest BCUT2D eigenvalue weighted by atomic mass is 10.2. The van der Waals surface area contributed by atoms with E-state index in [9.17, 15) is 14.4 Å². The Balaban J connectivity index is 1.21. The topological polar surface area (TPSA) is 67.6 Å². The number of hydrogen-bond acceptors (Lipinski definition) is 5. The number of aromatic nitrogens is 2. The van der Waals surface area contributed by atoms with Crippen LogP contribution in [-0.2, 0) is 17.9 Å². The Bertz CT molecular complexity index is 937. The number of aryl methyl sites for hydroxylation is 1. The standard InChI is InChI=1S/C21H28N4O3S/c26-19(18-8-9-18)23-14-12-22(13-15-23)10-4-5-11-25-20(27)24(21(28)29-25)16-17-6-2-1-3-7-17/h1-3,6-7,18H,4-5,8-16H2. The van der Waals surface area contributed by atoms with Gasteiger partial charge in [-0.25, -0.2) is 13.3 Å². The van der Waals surface area contributed by atoms with Crippen molar-refractivity contribution in [3.63, 3.8) is 0 Å². The highest BCUT2D eigenvalue weighted by atomic mass is 32.1. The molecule has 7 nitrogen and oxygen atoms in total. The van der Waals surface area contributed by atoms with Crippen molar-refractivity contribution < 1.29 is 4.79 Å². The highest BCUT2D eigenvalue weighted by Crippen LogP contribution is 2.31. The molecule has 2 fully saturated rings. The second-order valence-corrected chi connectivity index (χ2v) is 8.93. The van der Waals surface area contributed by atoms with E-state index < -0.39 is 0 Å². The Morgan fingerprint density at radius 3 is 2.34 bits per heavy atom. The lowest BCUT2D eigenvalue weighted by Crippen LogP contribution is -2.49. The van der Waals surface area contributed by atoms with Crippen molar-refractivity contribution in [2.45, 2.75) is 38.8 Å². The summed E-state index contributed by atoms with van der Waals surface area (Å²) in [7, 11) is 0. The number of carbonyl (C=O) groups excluding carboxylic acids is 1. The zero-order valence-corrected chi connectivity index (χ0v) is 17.5. The van der Waals surface area contributed by atoms with Gasteiger partial charge in [-0.2, -0.15) is 0 Å². The van der Waals surface area contributed by atoms with Gasteiger partial charge in [0.05, 0.1) is 6.54 Å². The maximum Gasteiger partial charge on any atom is 0.341 e. The minimum Gasteiger partial charge on any atom is -0.340 e. The van der Waals surface area contributed by atoms with Crippen LogP contribution in [-0.4, -0.2) is 57.0 Å². The maximum absolute atomic E-state index is 12.5. The van der Waals surface area contributed by atoms with Crippen LogP contribution in [0.1, 0.15) is 31.2 Å². The van der Waals surface area contributed by atoms with Crippen molar-refractivity contribution in [2.24, 2.45) is 5.92 Å². The molecule has 1 aliphatic carbocycles. The number of nitrogens with zero attached hydrogens (tertiary/aromatic N) is 4. The molecule has 0 radical (unpaired) electrons. The number of benzene rings is 1. The molecule has 29 heavy (non-hydrogen) atoms. The van der Waals surface area contributed by atoms with Crippen LogP contribution >= 0.6 is 11.5 Å².